The number of ether oxygens (including phenoxy) is 1. The number of nitrogens with one attached hydrogen (secondary N) is 4. The van der Waals surface area contributed by atoms with Gasteiger partial charge in [-0.1, -0.05) is 0 Å². The number of hydrogen-bond donors (Lipinski definition) is 5. The molecule has 2 aromatic carbocycles. The van der Waals surface area contributed by atoms with Crippen molar-refractivity contribution in [2.45, 2.75) is 65.2 Å². The highest BCUT2D eigenvalue weighted by Crippen LogP contribution is 2.26. The summed E-state index contributed by atoms with van der Waals surface area (Å²) < 4.78 is 11.4. The Morgan fingerprint density at radius 2 is 1.44 bits per heavy atom. The summed E-state index contributed by atoms with van der Waals surface area (Å²) in [5, 5.41) is 13.1. The first-order valence-electron chi connectivity index (χ1n) is 21.3. The highest BCUT2D eigenvalue weighted by Gasteiger charge is 2.20. The van der Waals surface area contributed by atoms with Crippen molar-refractivity contribution in [2.24, 2.45) is 0 Å². The smallest absolute Gasteiger partial charge is 0.253 e. The molecule has 62 heavy (non-hydrogen) atoms. The van der Waals surface area contributed by atoms with Gasteiger partial charge in [0.1, 0.15) is 5.76 Å². The quantitative estimate of drug-likeness (QED) is 0.0409. The maximum Gasteiger partial charge on any atom is 0.253 e. The van der Waals surface area contributed by atoms with Gasteiger partial charge in [-0.05, 0) is 155 Å². The minimum absolute atomic E-state index is 0.100. The Kier molecular flexibility index (Phi) is 15.6. The summed E-state index contributed by atoms with van der Waals surface area (Å²) >= 11 is 8.72. The fourth-order valence-corrected chi connectivity index (χ4v) is 9.97. The fraction of sp³-hybridized carbons (Fsp3) is 0.404. The van der Waals surface area contributed by atoms with E-state index < -0.39 is 0 Å². The summed E-state index contributed by atoms with van der Waals surface area (Å²) in [6.45, 7) is 16.6. The lowest BCUT2D eigenvalue weighted by atomic mass is 10.0. The van der Waals surface area contributed by atoms with Crippen LogP contribution in [-0.4, -0.2) is 106 Å². The second-order valence-electron chi connectivity index (χ2n) is 16.6. The third-order valence-corrected chi connectivity index (χ3v) is 14.1. The maximum absolute atomic E-state index is 13.6. The first kappa shape index (κ1) is 45.6. The summed E-state index contributed by atoms with van der Waals surface area (Å²) in [5.41, 5.74) is 7.45. The van der Waals surface area contributed by atoms with E-state index in [1.54, 1.807) is 17.6 Å². The van der Waals surface area contributed by atoms with Gasteiger partial charge in [0.05, 0.1) is 44.2 Å². The zero-order valence-electron chi connectivity index (χ0n) is 36.7. The molecular weight excluding hydrogens is 837 g/mol. The molecule has 5 heterocycles. The van der Waals surface area contributed by atoms with E-state index >= 15 is 0 Å². The molecule has 330 valence electrons. The van der Waals surface area contributed by atoms with Crippen LogP contribution < -0.4 is 21.8 Å². The molecule has 0 spiro atoms. The monoisotopic (exact) mass is 896 g/mol. The van der Waals surface area contributed by atoms with Gasteiger partial charge in [-0.25, -0.2) is 4.90 Å². The second kappa shape index (κ2) is 21.3. The average molecular weight is 897 g/mol. The molecule has 12 nitrogen and oxygen atoms in total. The van der Waals surface area contributed by atoms with Crippen LogP contribution in [0.15, 0.2) is 85.1 Å². The first-order valence-corrected chi connectivity index (χ1v) is 23.5. The van der Waals surface area contributed by atoms with E-state index in [9.17, 15) is 9.59 Å². The van der Waals surface area contributed by atoms with Crippen LogP contribution in [0.2, 0.25) is 0 Å². The number of thiol groups is 1. The second-order valence-corrected chi connectivity index (χ2v) is 19.1. The summed E-state index contributed by atoms with van der Waals surface area (Å²) in [7, 11) is 4.17. The molecule has 0 aliphatic carbocycles. The van der Waals surface area contributed by atoms with E-state index in [4.69, 9.17) is 21.4 Å². The number of nitrogens with zero attached hydrogens (tertiary/aromatic N) is 4. The van der Waals surface area contributed by atoms with Crippen LogP contribution in [0.1, 0.15) is 50.4 Å². The van der Waals surface area contributed by atoms with Crippen molar-refractivity contribution in [1.82, 2.24) is 40.2 Å². The van der Waals surface area contributed by atoms with Gasteiger partial charge in [-0.2, -0.15) is 0 Å². The van der Waals surface area contributed by atoms with Crippen LogP contribution >= 0.6 is 34.9 Å². The molecule has 1 fully saturated rings. The molecule has 7 rings (SSSR count). The molecule has 15 heteroatoms. The molecule has 0 atom stereocenters. The van der Waals surface area contributed by atoms with E-state index in [1.807, 2.05) is 36.4 Å². The number of aromatic amines is 2. The van der Waals surface area contributed by atoms with E-state index in [1.165, 1.54) is 11.1 Å². The summed E-state index contributed by atoms with van der Waals surface area (Å²) in [5.74, 6) is 0.807. The van der Waals surface area contributed by atoms with Crippen molar-refractivity contribution >= 4 is 66.9 Å². The third kappa shape index (κ3) is 12.2. The van der Waals surface area contributed by atoms with Crippen LogP contribution in [0.25, 0.3) is 21.8 Å². The SMILES string of the molecule is Cc1cc2cc(CN(Cc3cc(/[SH]=C(\NCCCN(C)C)N(Cc4ccco4)Cc4cc5cc(C)c(C)cc5[nH]c4=O)cs3)C(=S)NCCN3CCOCC3)c(=O)[nH]c2cc1C. The van der Waals surface area contributed by atoms with Crippen LogP contribution in [-0.2, 0) is 30.9 Å². The number of thiocarbonyl (C=S) groups is 1. The molecule has 1 aliphatic rings. The molecule has 0 bridgehead atoms. The first-order chi connectivity index (χ1) is 29.9. The van der Waals surface area contributed by atoms with E-state index in [0.717, 1.165) is 117 Å². The molecule has 0 saturated carbocycles. The van der Waals surface area contributed by atoms with Crippen LogP contribution in [0, 0.1) is 27.7 Å². The van der Waals surface area contributed by atoms with Gasteiger partial charge in [0, 0.05) is 76.6 Å². The number of benzene rings is 2. The van der Waals surface area contributed by atoms with Crippen LogP contribution in [0.4, 0.5) is 0 Å². The molecule has 6 aromatic rings. The van der Waals surface area contributed by atoms with E-state index in [2.05, 4.69) is 106 Å². The zero-order chi connectivity index (χ0) is 43.8. The maximum atomic E-state index is 13.6. The molecule has 1 aliphatic heterocycles. The highest BCUT2D eigenvalue weighted by molar-refractivity contribution is 7.98. The lowest BCUT2D eigenvalue weighted by Gasteiger charge is -2.29. The van der Waals surface area contributed by atoms with Gasteiger partial charge in [-0.15, -0.1) is 22.7 Å². The number of hydrogen-bond acceptors (Lipinski definition) is 8. The number of H-pyrrole nitrogens is 2. The summed E-state index contributed by atoms with van der Waals surface area (Å²) in [4.78, 5) is 44.6. The third-order valence-electron chi connectivity index (χ3n) is 11.4. The Balaban J connectivity index is 1.18. The number of thiophene rings is 1. The largest absolute Gasteiger partial charge is 0.468 e. The molecule has 1 saturated heterocycles. The van der Waals surface area contributed by atoms with Crippen LogP contribution in [0.5, 0.6) is 0 Å². The van der Waals surface area contributed by atoms with Gasteiger partial charge in [0.2, 0.25) is 0 Å². The predicted octanol–water partition coefficient (Wildman–Crippen LogP) is 6.62. The Hall–Kier alpha value is -4.45. The molecule has 0 radical (unpaired) electrons. The number of furan rings is 1. The topological polar surface area (TPSA) is 125 Å². The number of aryl methyl sites for hydroxylation is 4. The van der Waals surface area contributed by atoms with Crippen LogP contribution in [0.3, 0.4) is 0 Å². The lowest BCUT2D eigenvalue weighted by molar-refractivity contribution is 0.0388. The summed E-state index contributed by atoms with van der Waals surface area (Å²) in [6, 6.07) is 18.5. The number of fused-ring (bicyclic) bond motifs is 2. The van der Waals surface area contributed by atoms with Gasteiger partial charge in [0.25, 0.3) is 11.1 Å². The fourth-order valence-electron chi connectivity index (χ4n) is 7.58. The minimum Gasteiger partial charge on any atom is -0.468 e. The minimum atomic E-state index is -0.112. The van der Waals surface area contributed by atoms with Crippen molar-refractivity contribution in [1.29, 1.82) is 0 Å². The molecule has 0 amide bonds. The Morgan fingerprint density at radius 3 is 2.05 bits per heavy atom. The summed E-state index contributed by atoms with van der Waals surface area (Å²) in [6.07, 6.45) is 2.64. The van der Waals surface area contributed by atoms with Crippen molar-refractivity contribution in [3.05, 3.63) is 131 Å². The zero-order valence-corrected chi connectivity index (χ0v) is 39.3. The van der Waals surface area contributed by atoms with Gasteiger partial charge in [-0.3, -0.25) is 19.8 Å². The van der Waals surface area contributed by atoms with Crippen molar-refractivity contribution < 1.29 is 9.15 Å². The molecular formula is C47H60N8O4S3. The van der Waals surface area contributed by atoms with Crippen molar-refractivity contribution in [3.8, 4) is 0 Å². The van der Waals surface area contributed by atoms with Crippen molar-refractivity contribution in [3.63, 3.8) is 0 Å². The Morgan fingerprint density at radius 1 is 0.806 bits per heavy atom. The normalized spacial score (nSPS) is 14.0. The number of morpholine rings is 1. The van der Waals surface area contributed by atoms with E-state index in [0.29, 0.717) is 49.0 Å². The van der Waals surface area contributed by atoms with Gasteiger partial charge in [0.15, 0.2) is 5.11 Å². The lowest BCUT2D eigenvalue weighted by Crippen LogP contribution is -2.45. The molecule has 4 aromatic heterocycles. The standard InChI is InChI=1S/C47H60N8O4S3/c1-31-19-35-23-37(44(56)50-42(35)21-33(31)3)26-54(46(60)48-11-13-53-14-17-58-18-15-53)29-40-25-41(30-61-40)62-47(49-10-8-12-52(5)6)55(28-39-9-7-16-59-39)27-38-24-36-20-32(2)34(4)22-43(36)51-45(38)57/h7,9,16,19-25,30,49,62H,8,10-15,17-18,26-29H2,1-6H3,(H,48,60)(H,50,56)(H,51,57). The Bertz CT molecular complexity index is 2630. The molecule has 4 N–H and O–H groups in total. The van der Waals surface area contributed by atoms with E-state index in [-0.39, 0.29) is 11.1 Å². The number of rotatable bonds is 16. The number of aromatic nitrogens is 2. The molecule has 0 unspecified atom stereocenters. The average Bonchev–Trinajstić information content (AvgIpc) is 3.93. The van der Waals surface area contributed by atoms with Gasteiger partial charge < -0.3 is 34.2 Å². The highest BCUT2D eigenvalue weighted by atomic mass is 32.1. The van der Waals surface area contributed by atoms with Crippen molar-refractivity contribution in [2.75, 3.05) is 66.6 Å². The number of pyridine rings is 2. The predicted molar refractivity (Wildman–Crippen MR) is 261 cm³/mol. The van der Waals surface area contributed by atoms with Gasteiger partial charge >= 0.3 is 0 Å². The Labute approximate surface area is 377 Å².